The van der Waals surface area contributed by atoms with E-state index in [1.165, 1.54) is 5.56 Å². The van der Waals surface area contributed by atoms with E-state index in [4.69, 9.17) is 16.3 Å². The lowest BCUT2D eigenvalue weighted by atomic mass is 10.1. The third-order valence-corrected chi connectivity index (χ3v) is 2.77. The summed E-state index contributed by atoms with van der Waals surface area (Å²) in [6.45, 7) is 0.742. The summed E-state index contributed by atoms with van der Waals surface area (Å²) in [5.74, 6) is 1.48. The van der Waals surface area contributed by atoms with Crippen LogP contribution in [0.15, 0.2) is 36.7 Å². The second-order valence-electron chi connectivity index (χ2n) is 3.72. The van der Waals surface area contributed by atoms with Crippen molar-refractivity contribution in [1.29, 1.82) is 0 Å². The minimum absolute atomic E-state index is 0.392. The Morgan fingerprint density at radius 1 is 1.28 bits per heavy atom. The highest BCUT2D eigenvalue weighted by Crippen LogP contribution is 2.15. The Bertz CT molecular complexity index is 519. The first-order valence-corrected chi connectivity index (χ1v) is 6.00. The number of methoxy groups -OCH3 is 1. The fourth-order valence-corrected chi connectivity index (χ4v) is 1.76. The van der Waals surface area contributed by atoms with Crippen molar-refractivity contribution in [1.82, 2.24) is 9.97 Å². The van der Waals surface area contributed by atoms with Crippen LogP contribution >= 0.6 is 11.6 Å². The zero-order valence-corrected chi connectivity index (χ0v) is 10.8. The molecule has 0 radical (unpaired) electrons. The number of nitrogens with zero attached hydrogens (tertiary/aromatic N) is 2. The van der Waals surface area contributed by atoms with E-state index in [1.807, 2.05) is 18.2 Å². The van der Waals surface area contributed by atoms with E-state index in [9.17, 15) is 0 Å². The van der Waals surface area contributed by atoms with E-state index in [1.54, 1.807) is 19.5 Å². The number of rotatable bonds is 5. The monoisotopic (exact) mass is 263 g/mol. The van der Waals surface area contributed by atoms with E-state index >= 15 is 0 Å². The maximum absolute atomic E-state index is 5.90. The largest absolute Gasteiger partial charge is 0.497 e. The molecule has 0 amide bonds. The SMILES string of the molecule is COc1cccc(CCNc2nccnc2Cl)c1. The van der Waals surface area contributed by atoms with Crippen LogP contribution in [0.25, 0.3) is 0 Å². The molecule has 0 aliphatic heterocycles. The summed E-state index contributed by atoms with van der Waals surface area (Å²) in [7, 11) is 1.66. The number of halogens is 1. The summed E-state index contributed by atoms with van der Waals surface area (Å²) >= 11 is 5.90. The van der Waals surface area contributed by atoms with Gasteiger partial charge in [-0.05, 0) is 24.1 Å². The van der Waals surface area contributed by atoms with E-state index in [-0.39, 0.29) is 0 Å². The molecule has 0 atom stereocenters. The van der Waals surface area contributed by atoms with Crippen molar-refractivity contribution in [2.24, 2.45) is 0 Å². The number of nitrogens with one attached hydrogen (secondary N) is 1. The van der Waals surface area contributed by atoms with E-state index in [2.05, 4.69) is 21.4 Å². The van der Waals surface area contributed by atoms with Crippen molar-refractivity contribution in [3.63, 3.8) is 0 Å². The Morgan fingerprint density at radius 2 is 2.11 bits per heavy atom. The molecule has 1 N–H and O–H groups in total. The zero-order valence-electron chi connectivity index (χ0n) is 10.1. The molecule has 0 bridgehead atoms. The van der Waals surface area contributed by atoms with Gasteiger partial charge in [0.2, 0.25) is 0 Å². The Balaban J connectivity index is 1.90. The Hall–Kier alpha value is -1.81. The zero-order chi connectivity index (χ0) is 12.8. The van der Waals surface area contributed by atoms with Gasteiger partial charge in [-0.2, -0.15) is 0 Å². The molecule has 0 saturated carbocycles. The normalized spacial score (nSPS) is 10.1. The second-order valence-corrected chi connectivity index (χ2v) is 4.08. The second kappa shape index (κ2) is 6.21. The maximum atomic E-state index is 5.90. The van der Waals surface area contributed by atoms with Gasteiger partial charge in [0.15, 0.2) is 11.0 Å². The summed E-state index contributed by atoms with van der Waals surface area (Å²) in [4.78, 5) is 8.07. The van der Waals surface area contributed by atoms with Gasteiger partial charge in [-0.25, -0.2) is 9.97 Å². The highest BCUT2D eigenvalue weighted by atomic mass is 35.5. The highest BCUT2D eigenvalue weighted by Gasteiger charge is 2.01. The molecule has 1 aromatic carbocycles. The molecule has 0 fully saturated rings. The number of anilines is 1. The van der Waals surface area contributed by atoms with Crippen LogP contribution in [0, 0.1) is 0 Å². The summed E-state index contributed by atoms with van der Waals surface area (Å²) in [6.07, 6.45) is 4.04. The number of hydrogen-bond acceptors (Lipinski definition) is 4. The van der Waals surface area contributed by atoms with Gasteiger partial charge < -0.3 is 10.1 Å². The summed E-state index contributed by atoms with van der Waals surface area (Å²) in [5.41, 5.74) is 1.20. The molecule has 4 nitrogen and oxygen atoms in total. The molecule has 1 heterocycles. The van der Waals surface area contributed by atoms with Crippen molar-refractivity contribution >= 4 is 17.4 Å². The van der Waals surface area contributed by atoms with Gasteiger partial charge in [0.1, 0.15) is 5.75 Å². The van der Waals surface area contributed by atoms with Gasteiger partial charge in [-0.15, -0.1) is 0 Å². The van der Waals surface area contributed by atoms with Crippen LogP contribution in [-0.2, 0) is 6.42 Å². The first-order valence-electron chi connectivity index (χ1n) is 5.63. The number of hydrogen-bond donors (Lipinski definition) is 1. The van der Waals surface area contributed by atoms with Crippen molar-refractivity contribution in [3.8, 4) is 5.75 Å². The van der Waals surface area contributed by atoms with E-state index < -0.39 is 0 Å². The number of ether oxygens (including phenoxy) is 1. The Morgan fingerprint density at radius 3 is 2.89 bits per heavy atom. The van der Waals surface area contributed by atoms with Crippen LogP contribution in [0.5, 0.6) is 5.75 Å². The number of aromatic nitrogens is 2. The fourth-order valence-electron chi connectivity index (χ4n) is 1.59. The molecule has 0 unspecified atom stereocenters. The molecule has 0 spiro atoms. The minimum atomic E-state index is 0.392. The average molecular weight is 264 g/mol. The van der Waals surface area contributed by atoms with E-state index in [0.29, 0.717) is 11.0 Å². The molecule has 0 aliphatic carbocycles. The molecule has 2 aromatic rings. The quantitative estimate of drug-likeness (QED) is 0.901. The molecular weight excluding hydrogens is 250 g/mol. The predicted molar refractivity (Wildman–Crippen MR) is 72.2 cm³/mol. The Labute approximate surface area is 111 Å². The van der Waals surface area contributed by atoms with Crippen molar-refractivity contribution < 1.29 is 4.74 Å². The number of benzene rings is 1. The van der Waals surface area contributed by atoms with Crippen molar-refractivity contribution in [2.75, 3.05) is 19.0 Å². The van der Waals surface area contributed by atoms with Gasteiger partial charge in [0.05, 0.1) is 7.11 Å². The molecule has 5 heteroatoms. The molecule has 0 aliphatic rings. The van der Waals surface area contributed by atoms with Crippen LogP contribution in [0.1, 0.15) is 5.56 Å². The summed E-state index contributed by atoms with van der Waals surface area (Å²) in [5, 5.41) is 3.54. The molecular formula is C13H14ClN3O. The van der Waals surface area contributed by atoms with Gasteiger partial charge >= 0.3 is 0 Å². The molecule has 18 heavy (non-hydrogen) atoms. The van der Waals surface area contributed by atoms with Crippen LogP contribution in [0.3, 0.4) is 0 Å². The van der Waals surface area contributed by atoms with Crippen molar-refractivity contribution in [2.45, 2.75) is 6.42 Å². The van der Waals surface area contributed by atoms with Gasteiger partial charge in [0, 0.05) is 18.9 Å². The lowest BCUT2D eigenvalue weighted by Gasteiger charge is -2.07. The van der Waals surface area contributed by atoms with Crippen LogP contribution < -0.4 is 10.1 Å². The van der Waals surface area contributed by atoms with Crippen molar-refractivity contribution in [3.05, 3.63) is 47.4 Å². The lowest BCUT2D eigenvalue weighted by Crippen LogP contribution is -2.07. The predicted octanol–water partition coefficient (Wildman–Crippen LogP) is 2.79. The average Bonchev–Trinajstić information content (AvgIpc) is 2.41. The Kier molecular flexibility index (Phi) is 4.36. The molecule has 1 aromatic heterocycles. The van der Waals surface area contributed by atoms with Crippen LogP contribution in [0.2, 0.25) is 5.15 Å². The molecule has 0 saturated heterocycles. The first-order chi connectivity index (χ1) is 8.79. The van der Waals surface area contributed by atoms with Gasteiger partial charge in [-0.3, -0.25) is 0 Å². The highest BCUT2D eigenvalue weighted by molar-refractivity contribution is 6.31. The standard InChI is InChI=1S/C13H14ClN3O/c1-18-11-4-2-3-10(9-11)5-6-16-13-12(14)15-7-8-17-13/h2-4,7-9H,5-6H2,1H3,(H,16,17). The first kappa shape index (κ1) is 12.6. The molecule has 2 rings (SSSR count). The third kappa shape index (κ3) is 3.34. The summed E-state index contributed by atoms with van der Waals surface area (Å²) < 4.78 is 5.17. The van der Waals surface area contributed by atoms with Crippen LogP contribution in [0.4, 0.5) is 5.82 Å². The third-order valence-electron chi connectivity index (χ3n) is 2.49. The van der Waals surface area contributed by atoms with Gasteiger partial charge in [-0.1, -0.05) is 23.7 Å². The fraction of sp³-hybridized carbons (Fsp3) is 0.231. The summed E-state index contributed by atoms with van der Waals surface area (Å²) in [6, 6.07) is 7.97. The molecule has 94 valence electrons. The van der Waals surface area contributed by atoms with Gasteiger partial charge in [0.25, 0.3) is 0 Å². The minimum Gasteiger partial charge on any atom is -0.497 e. The smallest absolute Gasteiger partial charge is 0.171 e. The van der Waals surface area contributed by atoms with E-state index in [0.717, 1.165) is 18.7 Å². The maximum Gasteiger partial charge on any atom is 0.171 e. The topological polar surface area (TPSA) is 47.0 Å². The lowest BCUT2D eigenvalue weighted by molar-refractivity contribution is 0.414. The van der Waals surface area contributed by atoms with Crippen LogP contribution in [-0.4, -0.2) is 23.6 Å².